The SMILES string of the molecule is S=c1n(C2CC2)cnn1CN1CCC[C@@H]1c1cccs1. The Bertz CT molecular complexity index is 638. The van der Waals surface area contributed by atoms with Crippen molar-refractivity contribution >= 4 is 23.6 Å². The number of likely N-dealkylation sites (tertiary alicyclic amines) is 1. The molecule has 2 aliphatic rings. The second-order valence-corrected chi connectivity index (χ2v) is 7.02. The zero-order chi connectivity index (χ0) is 13.5. The van der Waals surface area contributed by atoms with Crippen LogP contribution in [-0.2, 0) is 6.67 Å². The Morgan fingerprint density at radius 3 is 3.00 bits per heavy atom. The van der Waals surface area contributed by atoms with Gasteiger partial charge in [0.1, 0.15) is 6.33 Å². The van der Waals surface area contributed by atoms with E-state index in [0.29, 0.717) is 12.1 Å². The molecule has 20 heavy (non-hydrogen) atoms. The molecule has 4 rings (SSSR count). The van der Waals surface area contributed by atoms with Gasteiger partial charge in [-0.15, -0.1) is 11.3 Å². The number of aromatic nitrogens is 3. The number of hydrogen-bond acceptors (Lipinski definition) is 4. The lowest BCUT2D eigenvalue weighted by atomic mass is 10.2. The molecule has 3 heterocycles. The third-order valence-corrected chi connectivity index (χ3v) is 5.64. The Hall–Kier alpha value is -0.980. The molecule has 2 aromatic rings. The molecule has 0 unspecified atom stereocenters. The minimum Gasteiger partial charge on any atom is -0.303 e. The smallest absolute Gasteiger partial charge is 0.199 e. The first-order chi connectivity index (χ1) is 9.83. The summed E-state index contributed by atoms with van der Waals surface area (Å²) in [5, 5.41) is 6.66. The third kappa shape index (κ3) is 2.25. The molecular weight excluding hydrogens is 288 g/mol. The van der Waals surface area contributed by atoms with Crippen molar-refractivity contribution in [2.45, 2.75) is 44.4 Å². The molecule has 6 heteroatoms. The summed E-state index contributed by atoms with van der Waals surface area (Å²) in [6, 6.07) is 5.55. The van der Waals surface area contributed by atoms with Crippen LogP contribution in [0, 0.1) is 4.77 Å². The number of thiophene rings is 1. The van der Waals surface area contributed by atoms with Gasteiger partial charge in [-0.1, -0.05) is 6.07 Å². The molecule has 0 N–H and O–H groups in total. The van der Waals surface area contributed by atoms with Gasteiger partial charge >= 0.3 is 0 Å². The second kappa shape index (κ2) is 5.09. The van der Waals surface area contributed by atoms with Crippen molar-refractivity contribution in [2.75, 3.05) is 6.54 Å². The molecule has 1 saturated heterocycles. The van der Waals surface area contributed by atoms with Crippen LogP contribution in [0.15, 0.2) is 23.8 Å². The maximum atomic E-state index is 5.55. The van der Waals surface area contributed by atoms with Crippen LogP contribution in [0.3, 0.4) is 0 Å². The first-order valence-electron chi connectivity index (χ1n) is 7.24. The van der Waals surface area contributed by atoms with Crippen LogP contribution in [0.25, 0.3) is 0 Å². The van der Waals surface area contributed by atoms with Crippen molar-refractivity contribution in [1.82, 2.24) is 19.2 Å². The van der Waals surface area contributed by atoms with Crippen molar-refractivity contribution in [3.63, 3.8) is 0 Å². The molecular formula is C14H18N4S2. The second-order valence-electron chi connectivity index (χ2n) is 5.68. The first-order valence-corrected chi connectivity index (χ1v) is 8.53. The van der Waals surface area contributed by atoms with E-state index >= 15 is 0 Å². The van der Waals surface area contributed by atoms with Crippen LogP contribution in [0.4, 0.5) is 0 Å². The zero-order valence-corrected chi connectivity index (χ0v) is 12.9. The molecule has 1 aliphatic heterocycles. The Balaban J connectivity index is 1.54. The predicted molar refractivity (Wildman–Crippen MR) is 82.3 cm³/mol. The maximum Gasteiger partial charge on any atom is 0.199 e. The molecule has 2 aromatic heterocycles. The summed E-state index contributed by atoms with van der Waals surface area (Å²) in [4.78, 5) is 3.97. The fourth-order valence-corrected chi connectivity index (χ4v) is 4.22. The van der Waals surface area contributed by atoms with Crippen LogP contribution in [0.2, 0.25) is 0 Å². The van der Waals surface area contributed by atoms with Gasteiger partial charge in [-0.2, -0.15) is 5.10 Å². The van der Waals surface area contributed by atoms with E-state index in [-0.39, 0.29) is 0 Å². The fraction of sp³-hybridized carbons (Fsp3) is 0.571. The van der Waals surface area contributed by atoms with E-state index in [0.717, 1.165) is 18.0 Å². The minimum atomic E-state index is 0.544. The highest BCUT2D eigenvalue weighted by atomic mass is 32.1. The Morgan fingerprint density at radius 1 is 1.35 bits per heavy atom. The predicted octanol–water partition coefficient (Wildman–Crippen LogP) is 3.61. The Labute approximate surface area is 127 Å². The molecule has 0 amide bonds. The fourth-order valence-electron chi connectivity index (χ4n) is 3.02. The van der Waals surface area contributed by atoms with Crippen LogP contribution in [0.1, 0.15) is 42.6 Å². The third-order valence-electron chi connectivity index (χ3n) is 4.25. The molecule has 0 radical (unpaired) electrons. The average molecular weight is 306 g/mol. The molecule has 2 fully saturated rings. The van der Waals surface area contributed by atoms with Crippen LogP contribution in [-0.4, -0.2) is 25.8 Å². The van der Waals surface area contributed by atoms with Gasteiger partial charge in [0.15, 0.2) is 4.77 Å². The summed E-state index contributed by atoms with van der Waals surface area (Å²) < 4.78 is 5.02. The molecule has 4 nitrogen and oxygen atoms in total. The number of nitrogens with zero attached hydrogens (tertiary/aromatic N) is 4. The van der Waals surface area contributed by atoms with E-state index in [1.165, 1.54) is 30.6 Å². The quantitative estimate of drug-likeness (QED) is 0.807. The molecule has 1 atom stereocenters. The monoisotopic (exact) mass is 306 g/mol. The average Bonchev–Trinajstić information content (AvgIpc) is 2.88. The van der Waals surface area contributed by atoms with Gasteiger partial charge in [0.25, 0.3) is 0 Å². The summed E-state index contributed by atoms with van der Waals surface area (Å²) >= 11 is 7.41. The van der Waals surface area contributed by atoms with Gasteiger partial charge < -0.3 is 4.57 Å². The van der Waals surface area contributed by atoms with Gasteiger partial charge in [0.05, 0.1) is 6.67 Å². The normalized spacial score (nSPS) is 23.5. The largest absolute Gasteiger partial charge is 0.303 e. The lowest BCUT2D eigenvalue weighted by Crippen LogP contribution is -2.26. The van der Waals surface area contributed by atoms with Crippen molar-refractivity contribution in [3.8, 4) is 0 Å². The first kappa shape index (κ1) is 12.7. The van der Waals surface area contributed by atoms with E-state index in [9.17, 15) is 0 Å². The highest BCUT2D eigenvalue weighted by Crippen LogP contribution is 2.36. The lowest BCUT2D eigenvalue weighted by Gasteiger charge is -2.23. The number of rotatable bonds is 4. The number of hydrogen-bond donors (Lipinski definition) is 0. The van der Waals surface area contributed by atoms with E-state index in [1.54, 1.807) is 0 Å². The molecule has 106 valence electrons. The summed E-state index contributed by atoms with van der Waals surface area (Å²) in [6.07, 6.45) is 6.93. The Morgan fingerprint density at radius 2 is 2.25 bits per heavy atom. The van der Waals surface area contributed by atoms with Crippen molar-refractivity contribution in [2.24, 2.45) is 0 Å². The molecule has 0 aromatic carbocycles. The molecule has 0 spiro atoms. The van der Waals surface area contributed by atoms with Gasteiger partial charge in [0, 0.05) is 23.5 Å². The van der Waals surface area contributed by atoms with Gasteiger partial charge in [-0.05, 0) is 49.3 Å². The molecule has 1 aliphatic carbocycles. The van der Waals surface area contributed by atoms with Crippen LogP contribution < -0.4 is 0 Å². The van der Waals surface area contributed by atoms with Gasteiger partial charge in [-0.25, -0.2) is 4.68 Å². The molecule has 1 saturated carbocycles. The van der Waals surface area contributed by atoms with E-state index in [2.05, 4.69) is 32.1 Å². The summed E-state index contributed by atoms with van der Waals surface area (Å²) in [5.74, 6) is 0. The molecule has 0 bridgehead atoms. The van der Waals surface area contributed by atoms with Gasteiger partial charge in [-0.3, -0.25) is 4.90 Å². The topological polar surface area (TPSA) is 26.0 Å². The van der Waals surface area contributed by atoms with Crippen molar-refractivity contribution in [3.05, 3.63) is 33.5 Å². The standard InChI is InChI=1S/C14H18N4S2/c19-14-17(11-5-6-11)9-15-18(14)10-16-7-1-3-12(16)13-4-2-8-20-13/h2,4,8-9,11-12H,1,3,5-7,10H2/t12-/m1/s1. The summed E-state index contributed by atoms with van der Waals surface area (Å²) in [7, 11) is 0. The van der Waals surface area contributed by atoms with E-state index in [4.69, 9.17) is 12.2 Å². The minimum absolute atomic E-state index is 0.544. The van der Waals surface area contributed by atoms with E-state index < -0.39 is 0 Å². The van der Waals surface area contributed by atoms with E-state index in [1.807, 2.05) is 22.3 Å². The lowest BCUT2D eigenvalue weighted by molar-refractivity contribution is 0.192. The van der Waals surface area contributed by atoms with Crippen LogP contribution >= 0.6 is 23.6 Å². The zero-order valence-electron chi connectivity index (χ0n) is 11.3. The van der Waals surface area contributed by atoms with Crippen molar-refractivity contribution < 1.29 is 0 Å². The summed E-state index contributed by atoms with van der Waals surface area (Å²) in [5.41, 5.74) is 0. The maximum absolute atomic E-state index is 5.55. The van der Waals surface area contributed by atoms with Crippen molar-refractivity contribution in [1.29, 1.82) is 0 Å². The summed E-state index contributed by atoms with van der Waals surface area (Å²) in [6.45, 7) is 1.96. The Kier molecular flexibility index (Phi) is 3.24. The highest BCUT2D eigenvalue weighted by Gasteiger charge is 2.29. The highest BCUT2D eigenvalue weighted by molar-refractivity contribution is 7.71. The van der Waals surface area contributed by atoms with Gasteiger partial charge in [0.2, 0.25) is 0 Å². The van der Waals surface area contributed by atoms with Crippen LogP contribution in [0.5, 0.6) is 0 Å².